The number of para-hydroxylation sites is 2. The first-order valence-electron chi connectivity index (χ1n) is 6.81. The standard InChI is InChI=1S/C17H15NO3/c1-9(2)10-5-3-6-11-14(10)18-15-12(16(11)19)7-4-8-13(15)17(20)21/h3-9H,1-2H3,(H,18,19)(H,20,21). The summed E-state index contributed by atoms with van der Waals surface area (Å²) < 4.78 is 0. The van der Waals surface area contributed by atoms with Gasteiger partial charge in [0.25, 0.3) is 0 Å². The van der Waals surface area contributed by atoms with Crippen LogP contribution in [0.5, 0.6) is 0 Å². The molecule has 3 rings (SSSR count). The van der Waals surface area contributed by atoms with Crippen LogP contribution in [0.4, 0.5) is 0 Å². The van der Waals surface area contributed by atoms with E-state index in [9.17, 15) is 14.7 Å². The Bertz CT molecular complexity index is 922. The molecule has 0 amide bonds. The molecule has 21 heavy (non-hydrogen) atoms. The number of H-pyrrole nitrogens is 1. The molecule has 0 fully saturated rings. The van der Waals surface area contributed by atoms with Gasteiger partial charge in [-0.3, -0.25) is 4.79 Å². The number of carboxylic acid groups (broad SMARTS) is 1. The predicted octanol–water partition coefficient (Wildman–Crippen LogP) is 3.50. The molecule has 0 unspecified atom stereocenters. The minimum Gasteiger partial charge on any atom is -0.478 e. The van der Waals surface area contributed by atoms with E-state index in [0.717, 1.165) is 11.1 Å². The number of carboxylic acids is 1. The number of aromatic carboxylic acids is 1. The Labute approximate surface area is 121 Å². The molecule has 0 aliphatic carbocycles. The topological polar surface area (TPSA) is 70.2 Å². The number of rotatable bonds is 2. The molecule has 1 aromatic heterocycles. The number of aromatic nitrogens is 1. The fourth-order valence-corrected chi connectivity index (χ4v) is 2.70. The fraction of sp³-hybridized carbons (Fsp3) is 0.176. The Hall–Kier alpha value is -2.62. The lowest BCUT2D eigenvalue weighted by atomic mass is 9.98. The van der Waals surface area contributed by atoms with E-state index < -0.39 is 5.97 Å². The lowest BCUT2D eigenvalue weighted by molar-refractivity contribution is 0.0699. The molecule has 2 aromatic carbocycles. The van der Waals surface area contributed by atoms with Crippen LogP contribution in [-0.2, 0) is 0 Å². The van der Waals surface area contributed by atoms with Gasteiger partial charge in [-0.2, -0.15) is 0 Å². The van der Waals surface area contributed by atoms with Crippen molar-refractivity contribution in [3.8, 4) is 0 Å². The maximum Gasteiger partial charge on any atom is 0.337 e. The van der Waals surface area contributed by atoms with Crippen LogP contribution in [0.2, 0.25) is 0 Å². The van der Waals surface area contributed by atoms with Crippen molar-refractivity contribution in [2.75, 3.05) is 0 Å². The van der Waals surface area contributed by atoms with Crippen molar-refractivity contribution < 1.29 is 9.90 Å². The third-order valence-electron chi connectivity index (χ3n) is 3.75. The van der Waals surface area contributed by atoms with Crippen LogP contribution in [0.25, 0.3) is 21.8 Å². The molecule has 0 bridgehead atoms. The highest BCUT2D eigenvalue weighted by Crippen LogP contribution is 2.25. The van der Waals surface area contributed by atoms with Crippen LogP contribution >= 0.6 is 0 Å². The summed E-state index contributed by atoms with van der Waals surface area (Å²) >= 11 is 0. The summed E-state index contributed by atoms with van der Waals surface area (Å²) in [6.07, 6.45) is 0. The van der Waals surface area contributed by atoms with Gasteiger partial charge in [0.1, 0.15) is 0 Å². The Morgan fingerprint density at radius 1 is 1.05 bits per heavy atom. The smallest absolute Gasteiger partial charge is 0.337 e. The summed E-state index contributed by atoms with van der Waals surface area (Å²) in [6, 6.07) is 10.3. The summed E-state index contributed by atoms with van der Waals surface area (Å²) in [5, 5.41) is 10.3. The second-order valence-electron chi connectivity index (χ2n) is 5.41. The number of aromatic amines is 1. The molecule has 0 spiro atoms. The molecule has 4 nitrogen and oxygen atoms in total. The highest BCUT2D eigenvalue weighted by atomic mass is 16.4. The number of hydrogen-bond acceptors (Lipinski definition) is 2. The number of benzene rings is 2. The van der Waals surface area contributed by atoms with Crippen LogP contribution in [0.15, 0.2) is 41.2 Å². The third kappa shape index (κ3) is 2.00. The minimum atomic E-state index is -1.04. The SMILES string of the molecule is CC(C)c1cccc2c(=O)c3cccc(C(=O)O)c3[nH]c12. The summed E-state index contributed by atoms with van der Waals surface area (Å²) in [5.74, 6) is -0.809. The fourth-order valence-electron chi connectivity index (χ4n) is 2.70. The highest BCUT2D eigenvalue weighted by molar-refractivity contribution is 6.05. The zero-order chi connectivity index (χ0) is 15.1. The van der Waals surface area contributed by atoms with Gasteiger partial charge in [0, 0.05) is 10.8 Å². The van der Waals surface area contributed by atoms with Crippen molar-refractivity contribution in [2.45, 2.75) is 19.8 Å². The molecular formula is C17H15NO3. The number of fused-ring (bicyclic) bond motifs is 2. The quantitative estimate of drug-likeness (QED) is 0.706. The largest absolute Gasteiger partial charge is 0.478 e. The van der Waals surface area contributed by atoms with Crippen LogP contribution in [0, 0.1) is 0 Å². The third-order valence-corrected chi connectivity index (χ3v) is 3.75. The molecule has 0 atom stereocenters. The Morgan fingerprint density at radius 3 is 2.29 bits per heavy atom. The Morgan fingerprint density at radius 2 is 1.67 bits per heavy atom. The van der Waals surface area contributed by atoms with Gasteiger partial charge in [0.15, 0.2) is 5.43 Å². The van der Waals surface area contributed by atoms with E-state index in [-0.39, 0.29) is 16.9 Å². The van der Waals surface area contributed by atoms with Gasteiger partial charge in [-0.25, -0.2) is 4.79 Å². The van der Waals surface area contributed by atoms with E-state index in [1.54, 1.807) is 18.2 Å². The van der Waals surface area contributed by atoms with Crippen molar-refractivity contribution in [2.24, 2.45) is 0 Å². The first-order chi connectivity index (χ1) is 10.0. The van der Waals surface area contributed by atoms with Crippen molar-refractivity contribution in [3.05, 3.63) is 57.7 Å². The van der Waals surface area contributed by atoms with Gasteiger partial charge in [0.2, 0.25) is 0 Å². The average molecular weight is 281 g/mol. The Balaban J connectivity index is 2.57. The number of nitrogens with one attached hydrogen (secondary N) is 1. The zero-order valence-corrected chi connectivity index (χ0v) is 11.8. The number of hydrogen-bond donors (Lipinski definition) is 2. The molecule has 3 aromatic rings. The van der Waals surface area contributed by atoms with Crippen molar-refractivity contribution in [3.63, 3.8) is 0 Å². The second kappa shape index (κ2) is 4.74. The highest BCUT2D eigenvalue weighted by Gasteiger charge is 2.15. The van der Waals surface area contributed by atoms with Crippen molar-refractivity contribution in [1.29, 1.82) is 0 Å². The van der Waals surface area contributed by atoms with Crippen molar-refractivity contribution >= 4 is 27.8 Å². The normalized spacial score (nSPS) is 11.4. The van der Waals surface area contributed by atoms with E-state index in [0.29, 0.717) is 16.3 Å². The van der Waals surface area contributed by atoms with Crippen LogP contribution in [-0.4, -0.2) is 16.1 Å². The monoisotopic (exact) mass is 281 g/mol. The van der Waals surface area contributed by atoms with E-state index in [2.05, 4.69) is 4.98 Å². The van der Waals surface area contributed by atoms with Gasteiger partial charge < -0.3 is 10.1 Å². The molecule has 0 radical (unpaired) electrons. The lowest BCUT2D eigenvalue weighted by Gasteiger charge is -2.11. The van der Waals surface area contributed by atoms with Gasteiger partial charge >= 0.3 is 5.97 Å². The minimum absolute atomic E-state index is 0.116. The summed E-state index contributed by atoms with van der Waals surface area (Å²) in [6.45, 7) is 4.08. The zero-order valence-electron chi connectivity index (χ0n) is 11.8. The second-order valence-corrected chi connectivity index (χ2v) is 5.41. The van der Waals surface area contributed by atoms with Crippen LogP contribution < -0.4 is 5.43 Å². The molecule has 4 heteroatoms. The first kappa shape index (κ1) is 13.4. The van der Waals surface area contributed by atoms with Crippen LogP contribution in [0.3, 0.4) is 0 Å². The first-order valence-corrected chi connectivity index (χ1v) is 6.81. The molecule has 106 valence electrons. The van der Waals surface area contributed by atoms with Gasteiger partial charge in [-0.05, 0) is 29.7 Å². The van der Waals surface area contributed by atoms with Gasteiger partial charge in [-0.1, -0.05) is 32.0 Å². The molecule has 0 aliphatic rings. The van der Waals surface area contributed by atoms with Gasteiger partial charge in [0.05, 0.1) is 16.6 Å². The van der Waals surface area contributed by atoms with Gasteiger partial charge in [-0.15, -0.1) is 0 Å². The number of pyridine rings is 1. The van der Waals surface area contributed by atoms with E-state index in [4.69, 9.17) is 0 Å². The summed E-state index contributed by atoms with van der Waals surface area (Å²) in [5.41, 5.74) is 2.09. The maximum atomic E-state index is 12.6. The van der Waals surface area contributed by atoms with Crippen LogP contribution in [0.1, 0.15) is 35.7 Å². The molecule has 0 saturated carbocycles. The summed E-state index contributed by atoms with van der Waals surface area (Å²) in [4.78, 5) is 27.2. The Kier molecular flexibility index (Phi) is 3.01. The molecule has 0 saturated heterocycles. The van der Waals surface area contributed by atoms with E-state index in [1.165, 1.54) is 6.07 Å². The molecule has 1 heterocycles. The summed E-state index contributed by atoms with van der Waals surface area (Å²) in [7, 11) is 0. The number of carbonyl (C=O) groups is 1. The van der Waals surface area contributed by atoms with E-state index in [1.807, 2.05) is 26.0 Å². The molecule has 0 aliphatic heterocycles. The lowest BCUT2D eigenvalue weighted by Crippen LogP contribution is -2.09. The van der Waals surface area contributed by atoms with E-state index >= 15 is 0 Å². The molecule has 2 N–H and O–H groups in total. The average Bonchev–Trinajstić information content (AvgIpc) is 2.46. The van der Waals surface area contributed by atoms with Crippen molar-refractivity contribution in [1.82, 2.24) is 4.98 Å². The predicted molar refractivity (Wildman–Crippen MR) is 83.1 cm³/mol. The maximum absolute atomic E-state index is 12.6. The molecular weight excluding hydrogens is 266 g/mol.